The minimum Gasteiger partial charge on any atom is -0.480 e. The van der Waals surface area contributed by atoms with Crippen LogP contribution >= 0.6 is 0 Å². The third-order valence-electron chi connectivity index (χ3n) is 4.58. The van der Waals surface area contributed by atoms with E-state index in [2.05, 4.69) is 4.98 Å². The van der Waals surface area contributed by atoms with Crippen molar-refractivity contribution in [1.82, 2.24) is 14.4 Å². The average molecular weight is 306 g/mol. The summed E-state index contributed by atoms with van der Waals surface area (Å²) in [6.07, 6.45) is 0. The number of carboxylic acid groups (broad SMARTS) is 1. The molecule has 6 nitrogen and oxygen atoms in total. The number of aliphatic carboxylic acids is 1. The molecule has 22 heavy (non-hydrogen) atoms. The number of carboxylic acids is 1. The molecule has 0 bridgehead atoms. The molecule has 6 heteroatoms. The second-order valence-corrected chi connectivity index (χ2v) is 6.97. The number of rotatable bonds is 2. The molecule has 0 spiro atoms. The lowest BCUT2D eigenvalue weighted by atomic mass is 9.99. The van der Waals surface area contributed by atoms with Gasteiger partial charge < -0.3 is 5.11 Å². The first-order valence-corrected chi connectivity index (χ1v) is 7.35. The number of carbonyl (C=O) groups is 2. The van der Waals surface area contributed by atoms with Crippen LogP contribution in [0.3, 0.4) is 0 Å². The highest BCUT2D eigenvalue weighted by atomic mass is 16.4. The first-order valence-electron chi connectivity index (χ1n) is 7.35. The van der Waals surface area contributed by atoms with Crippen LogP contribution in [0.15, 0.2) is 12.1 Å². The normalized spacial score (nSPS) is 25.6. The summed E-state index contributed by atoms with van der Waals surface area (Å²) in [5.41, 5.74) is 1.95. The Morgan fingerprint density at radius 1 is 1.36 bits per heavy atom. The number of likely N-dealkylation sites (N-methyl/N-ethyl adjacent to an activating group) is 1. The van der Waals surface area contributed by atoms with E-state index in [9.17, 15) is 14.7 Å². The lowest BCUT2D eigenvalue weighted by Crippen LogP contribution is -2.64. The number of pyridine rings is 1. The second kappa shape index (κ2) is 5.05. The lowest BCUT2D eigenvalue weighted by Gasteiger charge is -2.42. The zero-order valence-electron chi connectivity index (χ0n) is 14.0. The van der Waals surface area contributed by atoms with Crippen LogP contribution in [0.4, 0.5) is 10.5 Å². The Kier molecular flexibility index (Phi) is 3.77. The molecule has 1 N–H and O–H groups in total. The number of hydrogen-bond acceptors (Lipinski definition) is 3. The number of amides is 2. The minimum atomic E-state index is -0.974. The predicted molar refractivity (Wildman–Crippen MR) is 84.7 cm³/mol. The van der Waals surface area contributed by atoms with Crippen molar-refractivity contribution >= 4 is 17.7 Å². The SMILES string of the molecule is Cc1ccc([N+]2(C(C)(C)C)CC(C(=O)O)N(C)C2=O)c(C)n1. The molecule has 0 aromatic carbocycles. The van der Waals surface area contributed by atoms with Gasteiger partial charge in [-0.1, -0.05) is 0 Å². The Labute approximate surface area is 131 Å². The van der Waals surface area contributed by atoms with Crippen LogP contribution < -0.4 is 4.48 Å². The largest absolute Gasteiger partial charge is 0.480 e. The van der Waals surface area contributed by atoms with E-state index >= 15 is 0 Å². The van der Waals surface area contributed by atoms with Crippen LogP contribution in [-0.2, 0) is 4.79 Å². The molecule has 2 atom stereocenters. The van der Waals surface area contributed by atoms with E-state index in [1.54, 1.807) is 7.05 Å². The Morgan fingerprint density at radius 2 is 1.95 bits per heavy atom. The fraction of sp³-hybridized carbons (Fsp3) is 0.562. The van der Waals surface area contributed by atoms with Gasteiger partial charge in [0, 0.05) is 18.8 Å². The van der Waals surface area contributed by atoms with Gasteiger partial charge in [0.05, 0.1) is 5.69 Å². The highest BCUT2D eigenvalue weighted by Gasteiger charge is 2.61. The summed E-state index contributed by atoms with van der Waals surface area (Å²) in [6.45, 7) is 9.86. The molecule has 2 amide bonds. The Morgan fingerprint density at radius 3 is 2.36 bits per heavy atom. The van der Waals surface area contributed by atoms with Crippen LogP contribution in [0.1, 0.15) is 32.2 Å². The zero-order valence-corrected chi connectivity index (χ0v) is 14.0. The van der Waals surface area contributed by atoms with Crippen molar-refractivity contribution < 1.29 is 14.7 Å². The van der Waals surface area contributed by atoms with Gasteiger partial charge >= 0.3 is 12.0 Å². The zero-order chi connectivity index (χ0) is 16.9. The molecule has 1 aromatic heterocycles. The standard InChI is InChI=1S/C16H23N3O3/c1-10-7-8-13(11(2)17-10)19(16(3,4)5)9-12(14(20)21)18(6)15(19)22/h7-8,12H,9H2,1-6H3/p+1. The quantitative estimate of drug-likeness (QED) is 0.851. The minimum absolute atomic E-state index is 0.0282. The maximum absolute atomic E-state index is 13.0. The lowest BCUT2D eigenvalue weighted by molar-refractivity contribution is -0.140. The van der Waals surface area contributed by atoms with Crippen LogP contribution in [-0.4, -0.2) is 52.2 Å². The summed E-state index contributed by atoms with van der Waals surface area (Å²) in [5.74, 6) is -0.974. The molecule has 2 rings (SSSR count). The molecular weight excluding hydrogens is 282 g/mol. The van der Waals surface area contributed by atoms with Crippen molar-refractivity contribution in [3.63, 3.8) is 0 Å². The van der Waals surface area contributed by atoms with E-state index in [0.29, 0.717) is 0 Å². The molecule has 1 aliphatic rings. The summed E-state index contributed by atoms with van der Waals surface area (Å²) in [7, 11) is 1.56. The summed E-state index contributed by atoms with van der Waals surface area (Å²) in [4.78, 5) is 30.4. The first kappa shape index (κ1) is 16.4. The summed E-state index contributed by atoms with van der Waals surface area (Å²) < 4.78 is -0.0282. The molecular formula is C16H24N3O3+. The van der Waals surface area contributed by atoms with Gasteiger partial charge in [-0.15, -0.1) is 0 Å². The average Bonchev–Trinajstić information content (AvgIpc) is 2.64. The second-order valence-electron chi connectivity index (χ2n) is 6.97. The number of urea groups is 1. The predicted octanol–water partition coefficient (Wildman–Crippen LogP) is 2.32. The number of hydrogen-bond donors (Lipinski definition) is 1. The third kappa shape index (κ3) is 2.18. The van der Waals surface area contributed by atoms with E-state index in [-0.39, 0.29) is 17.1 Å². The van der Waals surface area contributed by atoms with Gasteiger partial charge in [0.2, 0.25) is 0 Å². The van der Waals surface area contributed by atoms with Gasteiger partial charge in [-0.3, -0.25) is 9.88 Å². The molecule has 0 radical (unpaired) electrons. The topological polar surface area (TPSA) is 70.5 Å². The molecule has 1 fully saturated rings. The molecule has 0 aliphatic carbocycles. The van der Waals surface area contributed by atoms with Crippen molar-refractivity contribution in [3.05, 3.63) is 23.5 Å². The summed E-state index contributed by atoms with van der Waals surface area (Å²) in [6, 6.07) is 2.75. The Bertz CT molecular complexity index is 636. The van der Waals surface area contributed by atoms with Crippen molar-refractivity contribution in [2.24, 2.45) is 0 Å². The molecule has 120 valence electrons. The first-order chi connectivity index (χ1) is 10.0. The maximum Gasteiger partial charge on any atom is 0.425 e. The molecule has 1 aliphatic heterocycles. The fourth-order valence-corrected chi connectivity index (χ4v) is 3.31. The van der Waals surface area contributed by atoms with Gasteiger partial charge in [-0.05, 0) is 40.7 Å². The van der Waals surface area contributed by atoms with Crippen molar-refractivity contribution in [1.29, 1.82) is 0 Å². The van der Waals surface area contributed by atoms with Gasteiger partial charge in [0.15, 0.2) is 11.7 Å². The van der Waals surface area contributed by atoms with Gasteiger partial charge in [-0.25, -0.2) is 14.1 Å². The third-order valence-corrected chi connectivity index (χ3v) is 4.58. The number of quaternary nitrogens is 1. The monoisotopic (exact) mass is 306 g/mol. The van der Waals surface area contributed by atoms with Crippen LogP contribution in [0.25, 0.3) is 0 Å². The van der Waals surface area contributed by atoms with Gasteiger partial charge in [0.1, 0.15) is 12.1 Å². The highest BCUT2D eigenvalue weighted by molar-refractivity contribution is 5.96. The molecule has 2 heterocycles. The van der Waals surface area contributed by atoms with E-state index in [1.165, 1.54) is 4.90 Å². The van der Waals surface area contributed by atoms with Crippen LogP contribution in [0.2, 0.25) is 0 Å². The molecule has 0 saturated carbocycles. The van der Waals surface area contributed by atoms with E-state index in [0.717, 1.165) is 17.1 Å². The van der Waals surface area contributed by atoms with Crippen LogP contribution in [0, 0.1) is 13.8 Å². The number of aryl methyl sites for hydroxylation is 2. The smallest absolute Gasteiger partial charge is 0.425 e. The maximum atomic E-state index is 13.0. The highest BCUT2D eigenvalue weighted by Crippen LogP contribution is 2.41. The van der Waals surface area contributed by atoms with Crippen LogP contribution in [0.5, 0.6) is 0 Å². The van der Waals surface area contributed by atoms with Gasteiger partial charge in [0.25, 0.3) is 0 Å². The van der Waals surface area contributed by atoms with E-state index < -0.39 is 17.6 Å². The number of nitrogens with zero attached hydrogens (tertiary/aromatic N) is 3. The molecule has 1 saturated heterocycles. The fourth-order valence-electron chi connectivity index (χ4n) is 3.31. The Balaban J connectivity index is 2.71. The van der Waals surface area contributed by atoms with E-state index in [4.69, 9.17) is 0 Å². The van der Waals surface area contributed by atoms with E-state index in [1.807, 2.05) is 46.8 Å². The Hall–Kier alpha value is -1.95. The summed E-state index contributed by atoms with van der Waals surface area (Å²) in [5, 5.41) is 9.44. The number of aromatic nitrogens is 1. The number of carbonyl (C=O) groups excluding carboxylic acids is 1. The molecule has 2 unspecified atom stereocenters. The van der Waals surface area contributed by atoms with Crippen molar-refractivity contribution in [3.8, 4) is 0 Å². The van der Waals surface area contributed by atoms with Crippen molar-refractivity contribution in [2.45, 2.75) is 46.2 Å². The van der Waals surface area contributed by atoms with Crippen molar-refractivity contribution in [2.75, 3.05) is 13.6 Å². The van der Waals surface area contributed by atoms with Gasteiger partial charge in [-0.2, -0.15) is 0 Å². The summed E-state index contributed by atoms with van der Waals surface area (Å²) >= 11 is 0. The molecule has 1 aromatic rings.